The van der Waals surface area contributed by atoms with Gasteiger partial charge in [0.05, 0.1) is 11.5 Å². The molecule has 0 aliphatic heterocycles. The van der Waals surface area contributed by atoms with Crippen molar-refractivity contribution < 1.29 is 14.5 Å². The maximum absolute atomic E-state index is 11.5. The predicted molar refractivity (Wildman–Crippen MR) is 78.4 cm³/mol. The van der Waals surface area contributed by atoms with Gasteiger partial charge in [-0.1, -0.05) is 11.6 Å². The minimum atomic E-state index is -0.621. The van der Waals surface area contributed by atoms with Crippen molar-refractivity contribution in [1.82, 2.24) is 10.6 Å². The summed E-state index contributed by atoms with van der Waals surface area (Å²) in [4.78, 5) is 32.9. The van der Waals surface area contributed by atoms with Crippen LogP contribution in [0.5, 0.6) is 0 Å². The standard InChI is InChI=1S/C12H15ClN4O4/c1-7(2)15-12(19)16-11(18)6-14-8-3-4-9(13)10(5-8)17(20)21/h3-5,7,14H,6H2,1-2H3,(H2,15,16,18,19). The van der Waals surface area contributed by atoms with Crippen molar-refractivity contribution in [2.45, 2.75) is 19.9 Å². The minimum Gasteiger partial charge on any atom is -0.376 e. The summed E-state index contributed by atoms with van der Waals surface area (Å²) in [5.74, 6) is -0.564. The first-order valence-electron chi connectivity index (χ1n) is 6.07. The number of nitro benzene ring substituents is 1. The first kappa shape index (κ1) is 16.7. The third-order valence-corrected chi connectivity index (χ3v) is 2.59. The van der Waals surface area contributed by atoms with E-state index in [1.165, 1.54) is 18.2 Å². The van der Waals surface area contributed by atoms with Crippen molar-refractivity contribution in [3.63, 3.8) is 0 Å². The summed E-state index contributed by atoms with van der Waals surface area (Å²) >= 11 is 5.67. The number of hydrogen-bond acceptors (Lipinski definition) is 5. The Morgan fingerprint density at radius 2 is 2.05 bits per heavy atom. The molecule has 3 N–H and O–H groups in total. The van der Waals surface area contributed by atoms with E-state index in [0.717, 1.165) is 0 Å². The molecule has 114 valence electrons. The van der Waals surface area contributed by atoms with Crippen LogP contribution in [0.25, 0.3) is 0 Å². The first-order valence-corrected chi connectivity index (χ1v) is 6.45. The Balaban J connectivity index is 2.55. The number of nitrogens with one attached hydrogen (secondary N) is 3. The van der Waals surface area contributed by atoms with Crippen molar-refractivity contribution in [1.29, 1.82) is 0 Å². The molecule has 0 aliphatic carbocycles. The summed E-state index contributed by atoms with van der Waals surface area (Å²) in [5, 5.41) is 18.0. The van der Waals surface area contributed by atoms with Crippen LogP contribution in [0.4, 0.5) is 16.2 Å². The lowest BCUT2D eigenvalue weighted by atomic mass is 10.3. The summed E-state index contributed by atoms with van der Waals surface area (Å²) in [6.45, 7) is 3.31. The molecule has 0 spiro atoms. The summed E-state index contributed by atoms with van der Waals surface area (Å²) in [5.41, 5.74) is 0.0881. The Bertz CT molecular complexity index is 562. The third-order valence-electron chi connectivity index (χ3n) is 2.27. The highest BCUT2D eigenvalue weighted by molar-refractivity contribution is 6.32. The van der Waals surface area contributed by atoms with Gasteiger partial charge in [-0.15, -0.1) is 0 Å². The van der Waals surface area contributed by atoms with E-state index in [0.29, 0.717) is 5.69 Å². The maximum atomic E-state index is 11.5. The Morgan fingerprint density at radius 1 is 1.38 bits per heavy atom. The SMILES string of the molecule is CC(C)NC(=O)NC(=O)CNc1ccc(Cl)c([N+](=O)[O-])c1. The average Bonchev–Trinajstić information content (AvgIpc) is 2.36. The van der Waals surface area contributed by atoms with Gasteiger partial charge >= 0.3 is 6.03 Å². The van der Waals surface area contributed by atoms with E-state index < -0.39 is 16.9 Å². The topological polar surface area (TPSA) is 113 Å². The molecule has 9 heteroatoms. The number of nitro groups is 1. The number of imide groups is 1. The fourth-order valence-electron chi connectivity index (χ4n) is 1.41. The van der Waals surface area contributed by atoms with Gasteiger partial charge in [0.1, 0.15) is 5.02 Å². The monoisotopic (exact) mass is 314 g/mol. The summed E-state index contributed by atoms with van der Waals surface area (Å²) < 4.78 is 0. The second-order valence-corrected chi connectivity index (χ2v) is 4.86. The Hall–Kier alpha value is -2.35. The number of amides is 3. The van der Waals surface area contributed by atoms with Gasteiger partial charge in [-0.3, -0.25) is 20.2 Å². The van der Waals surface area contributed by atoms with Crippen LogP contribution in [-0.4, -0.2) is 29.4 Å². The first-order chi connectivity index (χ1) is 9.79. The fraction of sp³-hybridized carbons (Fsp3) is 0.333. The molecule has 0 saturated heterocycles. The summed E-state index contributed by atoms with van der Waals surface area (Å²) in [6, 6.07) is 3.37. The second kappa shape index (κ2) is 7.44. The maximum Gasteiger partial charge on any atom is 0.321 e. The Morgan fingerprint density at radius 3 is 2.62 bits per heavy atom. The van der Waals surface area contributed by atoms with Crippen LogP contribution in [0.2, 0.25) is 5.02 Å². The van der Waals surface area contributed by atoms with Crippen molar-refractivity contribution in [3.8, 4) is 0 Å². The van der Waals surface area contributed by atoms with Crippen LogP contribution >= 0.6 is 11.6 Å². The highest BCUT2D eigenvalue weighted by Gasteiger charge is 2.13. The highest BCUT2D eigenvalue weighted by Crippen LogP contribution is 2.27. The molecular weight excluding hydrogens is 300 g/mol. The number of carbonyl (C=O) groups excluding carboxylic acids is 2. The van der Waals surface area contributed by atoms with Crippen molar-refractivity contribution in [3.05, 3.63) is 33.3 Å². The van der Waals surface area contributed by atoms with E-state index in [-0.39, 0.29) is 23.3 Å². The number of anilines is 1. The summed E-state index contributed by atoms with van der Waals surface area (Å²) in [6.07, 6.45) is 0. The molecule has 0 heterocycles. The molecule has 0 atom stereocenters. The third kappa shape index (κ3) is 5.65. The van der Waals surface area contributed by atoms with Gasteiger partial charge in [0.2, 0.25) is 5.91 Å². The molecule has 0 aliphatic rings. The Labute approximate surface area is 126 Å². The number of hydrogen-bond donors (Lipinski definition) is 3. The molecule has 0 aromatic heterocycles. The molecule has 0 saturated carbocycles. The zero-order valence-electron chi connectivity index (χ0n) is 11.5. The normalized spacial score (nSPS) is 10.1. The zero-order valence-corrected chi connectivity index (χ0v) is 12.2. The van der Waals surface area contributed by atoms with Gasteiger partial charge in [0.25, 0.3) is 5.69 Å². The van der Waals surface area contributed by atoms with Crippen LogP contribution in [-0.2, 0) is 4.79 Å². The molecule has 1 aromatic carbocycles. The molecule has 0 fully saturated rings. The van der Waals surface area contributed by atoms with Gasteiger partial charge in [-0.25, -0.2) is 4.79 Å². The Kier molecular flexibility index (Phi) is 5.92. The zero-order chi connectivity index (χ0) is 16.0. The number of benzene rings is 1. The lowest BCUT2D eigenvalue weighted by Crippen LogP contribution is -2.44. The van der Waals surface area contributed by atoms with Crippen LogP contribution in [0, 0.1) is 10.1 Å². The number of halogens is 1. The van der Waals surface area contributed by atoms with Gasteiger partial charge in [-0.05, 0) is 26.0 Å². The number of urea groups is 1. The smallest absolute Gasteiger partial charge is 0.321 e. The molecule has 0 unspecified atom stereocenters. The molecule has 1 rings (SSSR count). The fourth-order valence-corrected chi connectivity index (χ4v) is 1.60. The van der Waals surface area contributed by atoms with Gasteiger partial charge in [-0.2, -0.15) is 0 Å². The highest BCUT2D eigenvalue weighted by atomic mass is 35.5. The minimum absolute atomic E-state index is 0.00585. The molecule has 3 amide bonds. The van der Waals surface area contributed by atoms with Crippen molar-refractivity contribution in [2.75, 3.05) is 11.9 Å². The molecule has 21 heavy (non-hydrogen) atoms. The predicted octanol–water partition coefficient (Wildman–Crippen LogP) is 1.89. The van der Waals surface area contributed by atoms with E-state index in [9.17, 15) is 19.7 Å². The molecular formula is C12H15ClN4O4. The van der Waals surface area contributed by atoms with Crippen molar-refractivity contribution >= 4 is 34.9 Å². The van der Waals surface area contributed by atoms with E-state index >= 15 is 0 Å². The largest absolute Gasteiger partial charge is 0.376 e. The average molecular weight is 315 g/mol. The van der Waals surface area contributed by atoms with Crippen molar-refractivity contribution in [2.24, 2.45) is 0 Å². The van der Waals surface area contributed by atoms with E-state index in [2.05, 4.69) is 16.0 Å². The lowest BCUT2D eigenvalue weighted by Gasteiger charge is -2.10. The van der Waals surface area contributed by atoms with Gasteiger partial charge in [0, 0.05) is 17.8 Å². The number of rotatable bonds is 5. The van der Waals surface area contributed by atoms with E-state index in [4.69, 9.17) is 11.6 Å². The van der Waals surface area contributed by atoms with Crippen LogP contribution in [0.3, 0.4) is 0 Å². The summed E-state index contributed by atoms with van der Waals surface area (Å²) in [7, 11) is 0. The molecule has 8 nitrogen and oxygen atoms in total. The van der Waals surface area contributed by atoms with Gasteiger partial charge < -0.3 is 10.6 Å². The van der Waals surface area contributed by atoms with Crippen LogP contribution in [0.1, 0.15) is 13.8 Å². The second-order valence-electron chi connectivity index (χ2n) is 4.45. The quantitative estimate of drug-likeness (QED) is 0.567. The number of nitrogens with zero attached hydrogens (tertiary/aromatic N) is 1. The molecule has 1 aromatic rings. The van der Waals surface area contributed by atoms with E-state index in [1.54, 1.807) is 13.8 Å². The molecule has 0 bridgehead atoms. The van der Waals surface area contributed by atoms with Crippen LogP contribution in [0.15, 0.2) is 18.2 Å². The lowest BCUT2D eigenvalue weighted by molar-refractivity contribution is -0.384. The molecule has 0 radical (unpaired) electrons. The van der Waals surface area contributed by atoms with Crippen LogP contribution < -0.4 is 16.0 Å². The number of carbonyl (C=O) groups is 2. The van der Waals surface area contributed by atoms with Gasteiger partial charge in [0.15, 0.2) is 0 Å². The van der Waals surface area contributed by atoms with E-state index in [1.807, 2.05) is 0 Å².